The van der Waals surface area contributed by atoms with Crippen LogP contribution in [0.2, 0.25) is 0 Å². The molecule has 3 rings (SSSR count). The Hall–Kier alpha value is -1.72. The van der Waals surface area contributed by atoms with Gasteiger partial charge in [0.15, 0.2) is 0 Å². The highest BCUT2D eigenvalue weighted by atomic mass is 79.9. The van der Waals surface area contributed by atoms with Crippen molar-refractivity contribution in [2.75, 3.05) is 10.2 Å². The quantitative estimate of drug-likeness (QED) is 0.676. The van der Waals surface area contributed by atoms with Gasteiger partial charge in [0.05, 0.1) is 5.54 Å². The Morgan fingerprint density at radius 3 is 2.21 bits per heavy atom. The van der Waals surface area contributed by atoms with Gasteiger partial charge in [0, 0.05) is 15.8 Å². The van der Waals surface area contributed by atoms with E-state index in [2.05, 4.69) is 89.2 Å². The van der Waals surface area contributed by atoms with E-state index in [1.54, 1.807) is 0 Å². The lowest BCUT2D eigenvalue weighted by Gasteiger charge is -2.34. The molecule has 0 saturated carbocycles. The van der Waals surface area contributed by atoms with E-state index >= 15 is 0 Å². The zero-order valence-electron chi connectivity index (χ0n) is 14.2. The number of nitrogens with one attached hydrogen (secondary N) is 1. The van der Waals surface area contributed by atoms with Crippen molar-refractivity contribution in [1.82, 2.24) is 0 Å². The van der Waals surface area contributed by atoms with Crippen LogP contribution >= 0.6 is 28.1 Å². The predicted octanol–water partition coefficient (Wildman–Crippen LogP) is 5.46. The van der Waals surface area contributed by atoms with Crippen molar-refractivity contribution >= 4 is 50.5 Å². The van der Waals surface area contributed by atoms with Gasteiger partial charge in [0.1, 0.15) is 5.84 Å². The highest BCUT2D eigenvalue weighted by molar-refractivity contribution is 9.10. The molecule has 0 aliphatic carbocycles. The summed E-state index contributed by atoms with van der Waals surface area (Å²) < 4.78 is 1.05. The number of hydrogen-bond donors (Lipinski definition) is 1. The van der Waals surface area contributed by atoms with Crippen LogP contribution in [0.5, 0.6) is 0 Å². The van der Waals surface area contributed by atoms with Gasteiger partial charge in [-0.1, -0.05) is 34.1 Å². The number of para-hydroxylation sites is 1. The number of nitrogens with zero attached hydrogens (tertiary/aromatic N) is 2. The van der Waals surface area contributed by atoms with E-state index in [4.69, 9.17) is 12.2 Å². The molecule has 3 nitrogen and oxygen atoms in total. The molecule has 0 fully saturated rings. The van der Waals surface area contributed by atoms with Crippen LogP contribution in [0.4, 0.5) is 11.4 Å². The second-order valence-electron chi connectivity index (χ2n) is 6.51. The first kappa shape index (κ1) is 17.1. The molecule has 124 valence electrons. The number of amidine groups is 1. The Balaban J connectivity index is 1.95. The van der Waals surface area contributed by atoms with Gasteiger partial charge in [-0.2, -0.15) is 0 Å². The number of aryl methyl sites for hydroxylation is 2. The van der Waals surface area contributed by atoms with Crippen LogP contribution in [-0.2, 0) is 0 Å². The molecule has 0 atom stereocenters. The van der Waals surface area contributed by atoms with Gasteiger partial charge in [-0.15, -0.1) is 0 Å². The van der Waals surface area contributed by atoms with Gasteiger partial charge < -0.3 is 10.2 Å². The predicted molar refractivity (Wildman–Crippen MR) is 110 cm³/mol. The lowest BCUT2D eigenvalue weighted by Crippen LogP contribution is -2.49. The van der Waals surface area contributed by atoms with E-state index in [0.29, 0.717) is 5.11 Å². The minimum absolute atomic E-state index is 0.348. The van der Waals surface area contributed by atoms with E-state index in [1.807, 2.05) is 12.1 Å². The highest BCUT2D eigenvalue weighted by Crippen LogP contribution is 2.33. The summed E-state index contributed by atoms with van der Waals surface area (Å²) in [6.07, 6.45) is 0. The van der Waals surface area contributed by atoms with Gasteiger partial charge >= 0.3 is 0 Å². The van der Waals surface area contributed by atoms with Crippen LogP contribution in [0.25, 0.3) is 0 Å². The zero-order chi connectivity index (χ0) is 17.5. The number of thiocarbonyl (C=S) groups is 1. The van der Waals surface area contributed by atoms with Gasteiger partial charge in [-0.05, 0) is 75.3 Å². The fourth-order valence-electron chi connectivity index (χ4n) is 2.96. The Morgan fingerprint density at radius 2 is 1.62 bits per heavy atom. The minimum Gasteiger partial charge on any atom is -0.341 e. The SMILES string of the molecule is Cc1cccc(C)c1NC1=NC(=S)N(c2ccc(Br)cc2)C1(C)C. The average molecular weight is 402 g/mol. The van der Waals surface area contributed by atoms with E-state index in [-0.39, 0.29) is 5.54 Å². The molecule has 0 spiro atoms. The third-order valence-corrected chi connectivity index (χ3v) is 5.15. The molecule has 1 heterocycles. The third-order valence-electron chi connectivity index (χ3n) is 4.35. The molecule has 0 saturated heterocycles. The van der Waals surface area contributed by atoms with E-state index in [9.17, 15) is 0 Å². The first-order chi connectivity index (χ1) is 11.3. The Morgan fingerprint density at radius 1 is 1.04 bits per heavy atom. The maximum atomic E-state index is 5.55. The fraction of sp³-hybridized carbons (Fsp3) is 0.263. The average Bonchev–Trinajstić information content (AvgIpc) is 2.73. The third kappa shape index (κ3) is 2.98. The molecule has 0 radical (unpaired) electrons. The fourth-order valence-corrected chi connectivity index (χ4v) is 3.65. The Labute approximate surface area is 156 Å². The normalized spacial score (nSPS) is 16.3. The number of hydrogen-bond acceptors (Lipinski definition) is 2. The maximum absolute atomic E-state index is 5.55. The highest BCUT2D eigenvalue weighted by Gasteiger charge is 2.41. The summed E-state index contributed by atoms with van der Waals surface area (Å²) in [5, 5.41) is 4.10. The molecule has 2 aromatic rings. The van der Waals surface area contributed by atoms with Crippen molar-refractivity contribution in [3.8, 4) is 0 Å². The molecular weight excluding hydrogens is 382 g/mol. The molecule has 5 heteroatoms. The van der Waals surface area contributed by atoms with Crippen LogP contribution in [0.15, 0.2) is 51.9 Å². The number of rotatable bonds is 2. The summed E-state index contributed by atoms with van der Waals surface area (Å²) in [7, 11) is 0. The van der Waals surface area contributed by atoms with Gasteiger partial charge in [-0.3, -0.25) is 0 Å². The van der Waals surface area contributed by atoms with E-state index in [0.717, 1.165) is 21.7 Å². The molecule has 24 heavy (non-hydrogen) atoms. The van der Waals surface area contributed by atoms with Crippen LogP contribution in [0.1, 0.15) is 25.0 Å². The molecule has 1 aliphatic rings. The van der Waals surface area contributed by atoms with Crippen LogP contribution in [0, 0.1) is 13.8 Å². The summed E-state index contributed by atoms with van der Waals surface area (Å²) >= 11 is 9.03. The van der Waals surface area contributed by atoms with E-state index < -0.39 is 0 Å². The Bertz CT molecular complexity index is 805. The first-order valence-electron chi connectivity index (χ1n) is 7.83. The second kappa shape index (κ2) is 6.30. The number of anilines is 2. The van der Waals surface area contributed by atoms with Crippen LogP contribution in [-0.4, -0.2) is 16.5 Å². The molecule has 0 bridgehead atoms. The van der Waals surface area contributed by atoms with Crippen molar-refractivity contribution in [2.24, 2.45) is 4.99 Å². The summed E-state index contributed by atoms with van der Waals surface area (Å²) in [5.74, 6) is 0.868. The van der Waals surface area contributed by atoms with Crippen molar-refractivity contribution < 1.29 is 0 Å². The largest absolute Gasteiger partial charge is 0.341 e. The summed E-state index contributed by atoms with van der Waals surface area (Å²) in [6.45, 7) is 8.47. The second-order valence-corrected chi connectivity index (χ2v) is 7.79. The molecule has 0 unspecified atom stereocenters. The lowest BCUT2D eigenvalue weighted by atomic mass is 10.0. The standard InChI is InChI=1S/C19H20BrN3S/c1-12-6-5-7-13(2)16(12)21-17-19(3,4)23(18(24)22-17)15-10-8-14(20)9-11-15/h5-11H,1-4H3,(H,21,22,24). The summed E-state index contributed by atoms with van der Waals surface area (Å²) in [6, 6.07) is 14.4. The summed E-state index contributed by atoms with van der Waals surface area (Å²) in [4.78, 5) is 6.74. The molecule has 2 aromatic carbocycles. The van der Waals surface area contributed by atoms with Gasteiger partial charge in [-0.25, -0.2) is 4.99 Å². The molecule has 1 N–H and O–H groups in total. The number of halogens is 1. The zero-order valence-corrected chi connectivity index (χ0v) is 16.6. The molecule has 0 amide bonds. The van der Waals surface area contributed by atoms with Crippen molar-refractivity contribution in [2.45, 2.75) is 33.2 Å². The first-order valence-corrected chi connectivity index (χ1v) is 9.03. The molecule has 0 aromatic heterocycles. The maximum Gasteiger partial charge on any atom is 0.202 e. The number of benzene rings is 2. The van der Waals surface area contributed by atoms with Crippen molar-refractivity contribution in [1.29, 1.82) is 0 Å². The van der Waals surface area contributed by atoms with Gasteiger partial charge in [0.25, 0.3) is 0 Å². The monoisotopic (exact) mass is 401 g/mol. The molecule has 1 aliphatic heterocycles. The minimum atomic E-state index is -0.348. The topological polar surface area (TPSA) is 27.6 Å². The summed E-state index contributed by atoms with van der Waals surface area (Å²) in [5.41, 5.74) is 4.18. The Kier molecular flexibility index (Phi) is 4.49. The number of aliphatic imine (C=N–C) groups is 1. The van der Waals surface area contributed by atoms with Crippen molar-refractivity contribution in [3.05, 3.63) is 58.1 Å². The smallest absolute Gasteiger partial charge is 0.202 e. The molecular formula is C19H20BrN3S. The van der Waals surface area contributed by atoms with Crippen LogP contribution < -0.4 is 10.2 Å². The van der Waals surface area contributed by atoms with Crippen molar-refractivity contribution in [3.63, 3.8) is 0 Å². The van der Waals surface area contributed by atoms with E-state index in [1.165, 1.54) is 11.1 Å². The van der Waals surface area contributed by atoms with Gasteiger partial charge in [0.2, 0.25) is 5.11 Å². The lowest BCUT2D eigenvalue weighted by molar-refractivity contribution is 0.702. The van der Waals surface area contributed by atoms with Crippen LogP contribution in [0.3, 0.4) is 0 Å².